The van der Waals surface area contributed by atoms with E-state index in [0.29, 0.717) is 17.1 Å². The summed E-state index contributed by atoms with van der Waals surface area (Å²) in [6, 6.07) is 9.19. The van der Waals surface area contributed by atoms with Crippen LogP contribution in [0.25, 0.3) is 0 Å². The van der Waals surface area contributed by atoms with Crippen molar-refractivity contribution in [1.82, 2.24) is 0 Å². The normalized spacial score (nSPS) is 10.1. The number of hydrogen-bond donors (Lipinski definition) is 0. The molecule has 7 heteroatoms. The molecule has 2 aromatic rings. The summed E-state index contributed by atoms with van der Waals surface area (Å²) < 4.78 is 15.6. The van der Waals surface area contributed by atoms with E-state index in [1.807, 2.05) is 0 Å². The standard InChI is InChI=1S/C17H17NO6/c1-11-15(22-2)8-13(9-16(11)23-3)17(19)24-10-12-6-4-5-7-14(12)18(20)21/h4-9H,10H2,1-3H3. The van der Waals surface area contributed by atoms with Crippen molar-refractivity contribution in [3.63, 3.8) is 0 Å². The molecule has 0 N–H and O–H groups in total. The highest BCUT2D eigenvalue weighted by Gasteiger charge is 2.17. The van der Waals surface area contributed by atoms with Crippen molar-refractivity contribution < 1.29 is 23.9 Å². The first kappa shape index (κ1) is 17.3. The van der Waals surface area contributed by atoms with Crippen molar-refractivity contribution in [3.8, 4) is 11.5 Å². The highest BCUT2D eigenvalue weighted by molar-refractivity contribution is 5.90. The first-order valence-corrected chi connectivity index (χ1v) is 7.10. The van der Waals surface area contributed by atoms with Gasteiger partial charge >= 0.3 is 5.97 Å². The Bertz CT molecular complexity index is 746. The van der Waals surface area contributed by atoms with Crippen LogP contribution in [0, 0.1) is 17.0 Å². The number of ether oxygens (including phenoxy) is 3. The van der Waals surface area contributed by atoms with Gasteiger partial charge in [-0.25, -0.2) is 4.79 Å². The number of nitro groups is 1. The molecule has 7 nitrogen and oxygen atoms in total. The molecule has 0 unspecified atom stereocenters. The van der Waals surface area contributed by atoms with E-state index in [4.69, 9.17) is 14.2 Å². The fourth-order valence-corrected chi connectivity index (χ4v) is 2.24. The molecule has 0 aliphatic heterocycles. The fraction of sp³-hybridized carbons (Fsp3) is 0.235. The maximum atomic E-state index is 12.2. The molecule has 2 rings (SSSR count). The molecule has 126 valence electrons. The van der Waals surface area contributed by atoms with Gasteiger partial charge in [-0.15, -0.1) is 0 Å². The van der Waals surface area contributed by atoms with Crippen molar-refractivity contribution in [2.24, 2.45) is 0 Å². The number of benzene rings is 2. The van der Waals surface area contributed by atoms with Crippen LogP contribution in [-0.4, -0.2) is 25.1 Å². The van der Waals surface area contributed by atoms with Crippen LogP contribution in [0.5, 0.6) is 11.5 Å². The average molecular weight is 331 g/mol. The molecule has 24 heavy (non-hydrogen) atoms. The number of nitro benzene ring substituents is 1. The second-order valence-electron chi connectivity index (χ2n) is 4.97. The Labute approximate surface area is 138 Å². The molecule has 0 radical (unpaired) electrons. The van der Waals surface area contributed by atoms with Gasteiger partial charge in [-0.1, -0.05) is 12.1 Å². The summed E-state index contributed by atoms with van der Waals surface area (Å²) in [5.41, 5.74) is 1.23. The van der Waals surface area contributed by atoms with E-state index in [1.165, 1.54) is 20.3 Å². The highest BCUT2D eigenvalue weighted by Crippen LogP contribution is 2.30. The van der Waals surface area contributed by atoms with E-state index < -0.39 is 10.9 Å². The Morgan fingerprint density at radius 1 is 1.12 bits per heavy atom. The summed E-state index contributed by atoms with van der Waals surface area (Å²) in [5.74, 6) is 0.365. The molecule has 0 spiro atoms. The van der Waals surface area contributed by atoms with Gasteiger partial charge in [0.2, 0.25) is 0 Å². The van der Waals surface area contributed by atoms with Gasteiger partial charge in [-0.3, -0.25) is 10.1 Å². The average Bonchev–Trinajstić information content (AvgIpc) is 2.59. The number of nitrogens with zero attached hydrogens (tertiary/aromatic N) is 1. The Kier molecular flexibility index (Phi) is 5.36. The zero-order chi connectivity index (χ0) is 17.7. The topological polar surface area (TPSA) is 87.9 Å². The largest absolute Gasteiger partial charge is 0.496 e. The number of methoxy groups -OCH3 is 2. The molecular formula is C17H17NO6. The number of carbonyl (C=O) groups is 1. The zero-order valence-corrected chi connectivity index (χ0v) is 13.6. The van der Waals surface area contributed by atoms with E-state index >= 15 is 0 Å². The monoisotopic (exact) mass is 331 g/mol. The van der Waals surface area contributed by atoms with Gasteiger partial charge in [0.15, 0.2) is 0 Å². The molecular weight excluding hydrogens is 314 g/mol. The molecule has 0 fully saturated rings. The van der Waals surface area contributed by atoms with Crippen molar-refractivity contribution >= 4 is 11.7 Å². The molecule has 2 aromatic carbocycles. The Balaban J connectivity index is 2.21. The summed E-state index contributed by atoms with van der Waals surface area (Å²) in [7, 11) is 2.98. The minimum absolute atomic E-state index is 0.0932. The first-order valence-electron chi connectivity index (χ1n) is 7.10. The van der Waals surface area contributed by atoms with Crippen molar-refractivity contribution in [2.75, 3.05) is 14.2 Å². The third-order valence-corrected chi connectivity index (χ3v) is 3.53. The van der Waals surface area contributed by atoms with Crippen LogP contribution in [-0.2, 0) is 11.3 Å². The Morgan fingerprint density at radius 3 is 2.25 bits per heavy atom. The fourth-order valence-electron chi connectivity index (χ4n) is 2.24. The van der Waals surface area contributed by atoms with Gasteiger partial charge in [0.25, 0.3) is 5.69 Å². The molecule has 0 bridgehead atoms. The lowest BCUT2D eigenvalue weighted by atomic mass is 10.1. The quantitative estimate of drug-likeness (QED) is 0.458. The number of para-hydroxylation sites is 1. The van der Waals surface area contributed by atoms with Gasteiger partial charge in [0.1, 0.15) is 18.1 Å². The molecule has 0 aromatic heterocycles. The number of carbonyl (C=O) groups excluding carboxylic acids is 1. The van der Waals surface area contributed by atoms with Crippen LogP contribution in [0.4, 0.5) is 5.69 Å². The lowest BCUT2D eigenvalue weighted by molar-refractivity contribution is -0.385. The van der Waals surface area contributed by atoms with E-state index in [0.717, 1.165) is 5.56 Å². The van der Waals surface area contributed by atoms with E-state index in [-0.39, 0.29) is 17.9 Å². The molecule has 0 amide bonds. The van der Waals surface area contributed by atoms with Gasteiger partial charge in [-0.2, -0.15) is 0 Å². The Hall–Kier alpha value is -3.09. The minimum atomic E-state index is -0.621. The molecule has 0 aliphatic carbocycles. The van der Waals surface area contributed by atoms with Crippen molar-refractivity contribution in [1.29, 1.82) is 0 Å². The van der Waals surface area contributed by atoms with Crippen LogP contribution < -0.4 is 9.47 Å². The van der Waals surface area contributed by atoms with Crippen LogP contribution in [0.2, 0.25) is 0 Å². The number of esters is 1. The maximum Gasteiger partial charge on any atom is 0.338 e. The second kappa shape index (κ2) is 7.45. The van der Waals surface area contributed by atoms with Crippen LogP contribution >= 0.6 is 0 Å². The predicted molar refractivity (Wildman–Crippen MR) is 86.5 cm³/mol. The van der Waals surface area contributed by atoms with Crippen LogP contribution in [0.3, 0.4) is 0 Å². The minimum Gasteiger partial charge on any atom is -0.496 e. The lowest BCUT2D eigenvalue weighted by Gasteiger charge is -2.12. The molecule has 0 saturated heterocycles. The van der Waals surface area contributed by atoms with Crippen molar-refractivity contribution in [2.45, 2.75) is 13.5 Å². The van der Waals surface area contributed by atoms with Gasteiger partial charge < -0.3 is 14.2 Å². The van der Waals surface area contributed by atoms with E-state index in [2.05, 4.69) is 0 Å². The highest BCUT2D eigenvalue weighted by atomic mass is 16.6. The maximum absolute atomic E-state index is 12.2. The van der Waals surface area contributed by atoms with Crippen molar-refractivity contribution in [3.05, 3.63) is 63.2 Å². The second-order valence-corrected chi connectivity index (χ2v) is 4.97. The molecule has 0 heterocycles. The van der Waals surface area contributed by atoms with Gasteiger partial charge in [0, 0.05) is 11.6 Å². The number of hydrogen-bond acceptors (Lipinski definition) is 6. The predicted octanol–water partition coefficient (Wildman–Crippen LogP) is 3.28. The third kappa shape index (κ3) is 3.62. The third-order valence-electron chi connectivity index (χ3n) is 3.53. The summed E-state index contributed by atoms with van der Waals surface area (Å²) in [6.45, 7) is 1.61. The van der Waals surface area contributed by atoms with Crippen LogP contribution in [0.15, 0.2) is 36.4 Å². The first-order chi connectivity index (χ1) is 11.5. The molecule has 0 aliphatic rings. The summed E-state index contributed by atoms with van der Waals surface area (Å²) in [4.78, 5) is 22.7. The Morgan fingerprint density at radius 2 is 1.71 bits per heavy atom. The van der Waals surface area contributed by atoms with Gasteiger partial charge in [0.05, 0.1) is 30.3 Å². The van der Waals surface area contributed by atoms with E-state index in [1.54, 1.807) is 37.3 Å². The zero-order valence-electron chi connectivity index (χ0n) is 13.6. The molecule has 0 atom stereocenters. The van der Waals surface area contributed by atoms with Crippen LogP contribution in [0.1, 0.15) is 21.5 Å². The smallest absolute Gasteiger partial charge is 0.338 e. The summed E-state index contributed by atoms with van der Waals surface area (Å²) >= 11 is 0. The molecule has 0 saturated carbocycles. The summed E-state index contributed by atoms with van der Waals surface area (Å²) in [5, 5.41) is 11.0. The lowest BCUT2D eigenvalue weighted by Crippen LogP contribution is -2.08. The van der Waals surface area contributed by atoms with E-state index in [9.17, 15) is 14.9 Å². The number of rotatable bonds is 6. The summed E-state index contributed by atoms with van der Waals surface area (Å²) in [6.07, 6.45) is 0. The SMILES string of the molecule is COc1cc(C(=O)OCc2ccccc2[N+](=O)[O-])cc(OC)c1C. The van der Waals surface area contributed by atoms with Gasteiger partial charge in [-0.05, 0) is 25.1 Å².